The van der Waals surface area contributed by atoms with E-state index in [1.54, 1.807) is 0 Å². The molecule has 0 radical (unpaired) electrons. The summed E-state index contributed by atoms with van der Waals surface area (Å²) in [6, 6.07) is 28.3. The van der Waals surface area contributed by atoms with Gasteiger partial charge in [0.25, 0.3) is 0 Å². The molecule has 0 nitrogen and oxygen atoms in total. The molecule has 0 bridgehead atoms. The highest BCUT2D eigenvalue weighted by Gasteiger charge is 2.12. The van der Waals surface area contributed by atoms with Crippen LogP contribution in [0.25, 0.3) is 5.03 Å². The van der Waals surface area contributed by atoms with Gasteiger partial charge in [-0.25, -0.2) is 0 Å². The van der Waals surface area contributed by atoms with Crippen LogP contribution in [-0.2, 0) is 0 Å². The highest BCUT2D eigenvalue weighted by molar-refractivity contribution is 6.48. The number of hydrogen-bond acceptors (Lipinski definition) is 0. The lowest BCUT2D eigenvalue weighted by Gasteiger charge is -2.15. The fourth-order valence-corrected chi connectivity index (χ4v) is 2.94. The summed E-state index contributed by atoms with van der Waals surface area (Å²) in [5.41, 5.74) is 3.39. The van der Waals surface area contributed by atoms with Gasteiger partial charge in [-0.05, 0) is 28.8 Å². The summed E-state index contributed by atoms with van der Waals surface area (Å²) in [6.45, 7) is 0. The van der Waals surface area contributed by atoms with Gasteiger partial charge in [-0.15, -0.1) is 0 Å². The Morgan fingerprint density at radius 3 is 1.65 bits per heavy atom. The zero-order valence-corrected chi connectivity index (χ0v) is 14.0. The van der Waals surface area contributed by atoms with Crippen LogP contribution < -0.4 is 0 Å². The maximum Gasteiger partial charge on any atom is 0.0448 e. The molecule has 0 amide bonds. The molecule has 0 spiro atoms. The molecule has 3 aromatic rings. The van der Waals surface area contributed by atoms with Crippen LogP contribution in [0.3, 0.4) is 0 Å². The minimum Gasteiger partial charge on any atom is -0.0843 e. The van der Waals surface area contributed by atoms with Crippen molar-refractivity contribution in [1.29, 1.82) is 0 Å². The van der Waals surface area contributed by atoms with E-state index in [4.69, 9.17) is 23.2 Å². The van der Waals surface area contributed by atoms with E-state index in [1.165, 1.54) is 11.1 Å². The van der Waals surface area contributed by atoms with Crippen LogP contribution in [0, 0.1) is 0 Å². The molecule has 114 valence electrons. The first-order valence-electron chi connectivity index (χ1n) is 7.47. The zero-order chi connectivity index (χ0) is 16.1. The Morgan fingerprint density at radius 1 is 0.696 bits per heavy atom. The molecule has 23 heavy (non-hydrogen) atoms. The molecule has 3 aromatic carbocycles. The summed E-state index contributed by atoms with van der Waals surface area (Å²) in [5.74, 6) is 0.112. The molecule has 0 heterocycles. The normalized spacial score (nSPS) is 11.7. The van der Waals surface area contributed by atoms with Gasteiger partial charge < -0.3 is 0 Å². The summed E-state index contributed by atoms with van der Waals surface area (Å²) >= 11 is 12.5. The average Bonchev–Trinajstić information content (AvgIpc) is 2.61. The lowest BCUT2D eigenvalue weighted by molar-refractivity contribution is 1.03. The number of allylic oxidation sites excluding steroid dienone is 1. The van der Waals surface area contributed by atoms with Gasteiger partial charge in [-0.2, -0.15) is 0 Å². The van der Waals surface area contributed by atoms with Crippen molar-refractivity contribution in [3.63, 3.8) is 0 Å². The smallest absolute Gasteiger partial charge is 0.0448 e. The van der Waals surface area contributed by atoms with Crippen molar-refractivity contribution in [2.24, 2.45) is 0 Å². The van der Waals surface area contributed by atoms with Crippen LogP contribution in [0.2, 0.25) is 5.02 Å². The number of hydrogen-bond donors (Lipinski definition) is 0. The molecule has 0 aliphatic rings. The third-order valence-corrected chi connectivity index (χ3v) is 4.35. The molecule has 0 aromatic heterocycles. The van der Waals surface area contributed by atoms with Gasteiger partial charge in [0.2, 0.25) is 0 Å². The Labute approximate surface area is 147 Å². The van der Waals surface area contributed by atoms with Gasteiger partial charge in [0, 0.05) is 16.0 Å². The second kappa shape index (κ2) is 7.50. The fourth-order valence-electron chi connectivity index (χ4n) is 2.56. The molecule has 0 saturated carbocycles. The minimum absolute atomic E-state index is 0.112. The molecule has 2 heteroatoms. The van der Waals surface area contributed by atoms with E-state index >= 15 is 0 Å². The molecule has 0 N–H and O–H groups in total. The van der Waals surface area contributed by atoms with Crippen LogP contribution in [-0.4, -0.2) is 0 Å². The molecule has 0 saturated heterocycles. The molecular weight excluding hydrogens is 323 g/mol. The SMILES string of the molecule is Cl/C(=C/C(c1ccccc1)c1ccccc1)c1ccc(Cl)cc1. The van der Waals surface area contributed by atoms with Crippen molar-refractivity contribution < 1.29 is 0 Å². The predicted molar refractivity (Wildman–Crippen MR) is 100 cm³/mol. The molecule has 0 aliphatic heterocycles. The molecule has 0 aliphatic carbocycles. The van der Waals surface area contributed by atoms with E-state index in [0.717, 1.165) is 10.6 Å². The Kier molecular flexibility index (Phi) is 5.17. The van der Waals surface area contributed by atoms with E-state index in [0.29, 0.717) is 5.02 Å². The molecule has 0 unspecified atom stereocenters. The highest BCUT2D eigenvalue weighted by atomic mass is 35.5. The van der Waals surface area contributed by atoms with Gasteiger partial charge in [-0.1, -0.05) is 102 Å². The summed E-state index contributed by atoms with van der Waals surface area (Å²) < 4.78 is 0. The summed E-state index contributed by atoms with van der Waals surface area (Å²) in [4.78, 5) is 0. The first kappa shape index (κ1) is 15.9. The zero-order valence-electron chi connectivity index (χ0n) is 12.5. The number of rotatable bonds is 4. The van der Waals surface area contributed by atoms with Gasteiger partial charge >= 0.3 is 0 Å². The Balaban J connectivity index is 2.02. The number of halogens is 2. The third-order valence-electron chi connectivity index (χ3n) is 3.75. The maximum absolute atomic E-state index is 6.57. The monoisotopic (exact) mass is 338 g/mol. The molecule has 0 fully saturated rings. The summed E-state index contributed by atoms with van der Waals surface area (Å²) in [6.07, 6.45) is 2.09. The highest BCUT2D eigenvalue weighted by Crippen LogP contribution is 2.31. The van der Waals surface area contributed by atoms with Crippen LogP contribution in [0.15, 0.2) is 91.0 Å². The summed E-state index contributed by atoms with van der Waals surface area (Å²) in [7, 11) is 0. The van der Waals surface area contributed by atoms with Crippen molar-refractivity contribution in [3.8, 4) is 0 Å². The second-order valence-corrected chi connectivity index (χ2v) is 6.16. The predicted octanol–water partition coefficient (Wildman–Crippen LogP) is 6.75. The maximum atomic E-state index is 6.57. The lowest BCUT2D eigenvalue weighted by Crippen LogP contribution is -1.98. The van der Waals surface area contributed by atoms with Crippen LogP contribution in [0.4, 0.5) is 0 Å². The Bertz CT molecular complexity index is 736. The van der Waals surface area contributed by atoms with Crippen molar-refractivity contribution in [2.45, 2.75) is 5.92 Å². The van der Waals surface area contributed by atoms with Gasteiger partial charge in [0.05, 0.1) is 0 Å². The number of benzene rings is 3. The Morgan fingerprint density at radius 2 is 1.17 bits per heavy atom. The van der Waals surface area contributed by atoms with Crippen LogP contribution in [0.1, 0.15) is 22.6 Å². The Hall–Kier alpha value is -2.02. The second-order valence-electron chi connectivity index (χ2n) is 5.32. The van der Waals surface area contributed by atoms with E-state index in [-0.39, 0.29) is 5.92 Å². The van der Waals surface area contributed by atoms with E-state index in [1.807, 2.05) is 36.4 Å². The van der Waals surface area contributed by atoms with E-state index in [2.05, 4.69) is 54.6 Å². The van der Waals surface area contributed by atoms with E-state index in [9.17, 15) is 0 Å². The van der Waals surface area contributed by atoms with Crippen molar-refractivity contribution >= 4 is 28.2 Å². The van der Waals surface area contributed by atoms with Gasteiger partial charge in [0.15, 0.2) is 0 Å². The third kappa shape index (κ3) is 4.04. The lowest BCUT2D eigenvalue weighted by atomic mass is 9.90. The standard InChI is InChI=1S/C21H16Cl2/c22-19-13-11-18(12-14-19)21(23)15-20(16-7-3-1-4-8-16)17-9-5-2-6-10-17/h1-15,20H/b21-15+. The molecule has 0 atom stereocenters. The quantitative estimate of drug-likeness (QED) is 0.493. The van der Waals surface area contributed by atoms with Crippen LogP contribution >= 0.6 is 23.2 Å². The van der Waals surface area contributed by atoms with Crippen molar-refractivity contribution in [1.82, 2.24) is 0 Å². The molecule has 3 rings (SSSR count). The van der Waals surface area contributed by atoms with Gasteiger partial charge in [-0.3, -0.25) is 0 Å². The van der Waals surface area contributed by atoms with Crippen molar-refractivity contribution in [2.75, 3.05) is 0 Å². The average molecular weight is 339 g/mol. The van der Waals surface area contributed by atoms with Crippen LogP contribution in [0.5, 0.6) is 0 Å². The van der Waals surface area contributed by atoms with Crippen molar-refractivity contribution in [3.05, 3.63) is 113 Å². The molecular formula is C21H16Cl2. The first-order valence-corrected chi connectivity index (χ1v) is 8.23. The largest absolute Gasteiger partial charge is 0.0843 e. The fraction of sp³-hybridized carbons (Fsp3) is 0.0476. The van der Waals surface area contributed by atoms with E-state index < -0.39 is 0 Å². The summed E-state index contributed by atoms with van der Waals surface area (Å²) in [5, 5.41) is 1.43. The minimum atomic E-state index is 0.112. The first-order chi connectivity index (χ1) is 11.2. The van der Waals surface area contributed by atoms with Gasteiger partial charge in [0.1, 0.15) is 0 Å². The topological polar surface area (TPSA) is 0 Å².